The standard InChI is InChI=1S/C21H16N2O5S2/c1-27-18-12-13(11-16-20(24)23-21(29)22-16)9-10-17(18)28-30(25,26)19-8-4-6-14-5-2-3-7-15(14)19/h2-12H,1H3,(H2,22,23,24,29)/b16-11+. The van der Waals surface area contributed by atoms with Gasteiger partial charge in [0.1, 0.15) is 10.6 Å². The van der Waals surface area contributed by atoms with Gasteiger partial charge in [-0.25, -0.2) is 0 Å². The van der Waals surface area contributed by atoms with Gasteiger partial charge < -0.3 is 14.2 Å². The molecule has 0 unspecified atom stereocenters. The van der Waals surface area contributed by atoms with E-state index in [0.717, 1.165) is 5.39 Å². The fraction of sp³-hybridized carbons (Fsp3) is 0.0476. The van der Waals surface area contributed by atoms with Gasteiger partial charge in [-0.1, -0.05) is 42.5 Å². The molecular weight excluding hydrogens is 424 g/mol. The number of benzene rings is 3. The minimum atomic E-state index is -4.11. The Bertz CT molecular complexity index is 1310. The zero-order valence-electron chi connectivity index (χ0n) is 15.7. The number of hydrogen-bond donors (Lipinski definition) is 2. The molecular formula is C21H16N2O5S2. The average Bonchev–Trinajstić information content (AvgIpc) is 3.05. The van der Waals surface area contributed by atoms with E-state index in [1.165, 1.54) is 19.2 Å². The summed E-state index contributed by atoms with van der Waals surface area (Å²) < 4.78 is 36.6. The Morgan fingerprint density at radius 2 is 1.73 bits per heavy atom. The van der Waals surface area contributed by atoms with Gasteiger partial charge in [-0.05, 0) is 47.4 Å². The van der Waals surface area contributed by atoms with E-state index in [4.69, 9.17) is 21.1 Å². The van der Waals surface area contributed by atoms with Crippen LogP contribution >= 0.6 is 12.2 Å². The molecule has 1 fully saturated rings. The molecule has 0 radical (unpaired) electrons. The number of amides is 1. The molecule has 30 heavy (non-hydrogen) atoms. The van der Waals surface area contributed by atoms with Gasteiger partial charge in [0.15, 0.2) is 16.6 Å². The Morgan fingerprint density at radius 1 is 0.967 bits per heavy atom. The summed E-state index contributed by atoms with van der Waals surface area (Å²) in [6.45, 7) is 0. The summed E-state index contributed by atoms with van der Waals surface area (Å²) in [6.07, 6.45) is 1.57. The van der Waals surface area contributed by atoms with Crippen molar-refractivity contribution in [3.63, 3.8) is 0 Å². The molecule has 3 aromatic rings. The molecule has 0 aromatic heterocycles. The van der Waals surface area contributed by atoms with E-state index in [2.05, 4.69) is 10.6 Å². The minimum Gasteiger partial charge on any atom is -0.493 e. The lowest BCUT2D eigenvalue weighted by atomic mass is 10.1. The molecule has 1 amide bonds. The van der Waals surface area contributed by atoms with Crippen molar-refractivity contribution in [3.8, 4) is 11.5 Å². The number of fused-ring (bicyclic) bond motifs is 1. The van der Waals surface area contributed by atoms with Crippen LogP contribution in [0.4, 0.5) is 0 Å². The van der Waals surface area contributed by atoms with E-state index < -0.39 is 10.1 Å². The predicted octanol–water partition coefficient (Wildman–Crippen LogP) is 2.96. The van der Waals surface area contributed by atoms with Crippen molar-refractivity contribution in [2.75, 3.05) is 7.11 Å². The van der Waals surface area contributed by atoms with Gasteiger partial charge in [0, 0.05) is 5.39 Å². The van der Waals surface area contributed by atoms with Crippen molar-refractivity contribution in [2.24, 2.45) is 0 Å². The molecule has 0 bridgehead atoms. The molecule has 152 valence electrons. The number of carbonyl (C=O) groups is 1. The van der Waals surface area contributed by atoms with E-state index >= 15 is 0 Å². The molecule has 4 rings (SSSR count). The van der Waals surface area contributed by atoms with Crippen molar-refractivity contribution in [2.45, 2.75) is 4.90 Å². The second-order valence-electron chi connectivity index (χ2n) is 6.39. The summed E-state index contributed by atoms with van der Waals surface area (Å²) in [5.41, 5.74) is 0.878. The predicted molar refractivity (Wildman–Crippen MR) is 117 cm³/mol. The summed E-state index contributed by atoms with van der Waals surface area (Å²) in [5, 5.41) is 6.79. The van der Waals surface area contributed by atoms with Crippen LogP contribution in [0.2, 0.25) is 0 Å². The van der Waals surface area contributed by atoms with Crippen molar-refractivity contribution in [3.05, 3.63) is 71.9 Å². The zero-order valence-corrected chi connectivity index (χ0v) is 17.3. The first kappa shape index (κ1) is 19.9. The van der Waals surface area contributed by atoms with E-state index in [1.807, 2.05) is 18.2 Å². The second kappa shape index (κ2) is 7.77. The Labute approximate surface area is 178 Å². The van der Waals surface area contributed by atoms with Gasteiger partial charge in [0.05, 0.1) is 7.11 Å². The van der Waals surface area contributed by atoms with Gasteiger partial charge in [0.25, 0.3) is 5.91 Å². The van der Waals surface area contributed by atoms with Crippen LogP contribution < -0.4 is 19.6 Å². The van der Waals surface area contributed by atoms with Gasteiger partial charge in [0.2, 0.25) is 0 Å². The number of carbonyl (C=O) groups excluding carboxylic acids is 1. The molecule has 9 heteroatoms. The maximum Gasteiger partial charge on any atom is 0.339 e. The summed E-state index contributed by atoms with van der Waals surface area (Å²) in [7, 11) is -2.71. The van der Waals surface area contributed by atoms with Crippen LogP contribution in [0, 0.1) is 0 Å². The Morgan fingerprint density at radius 3 is 2.47 bits per heavy atom. The van der Waals surface area contributed by atoms with E-state index in [1.54, 1.807) is 36.4 Å². The first-order chi connectivity index (χ1) is 14.4. The van der Waals surface area contributed by atoms with Gasteiger partial charge in [-0.2, -0.15) is 8.42 Å². The monoisotopic (exact) mass is 440 g/mol. The lowest BCUT2D eigenvalue weighted by molar-refractivity contribution is -0.115. The van der Waals surface area contributed by atoms with Crippen LogP contribution in [0.1, 0.15) is 5.56 Å². The minimum absolute atomic E-state index is 0.0342. The average molecular weight is 441 g/mol. The number of rotatable bonds is 5. The van der Waals surface area contributed by atoms with Crippen LogP contribution in [0.5, 0.6) is 11.5 Å². The van der Waals surface area contributed by atoms with Crippen LogP contribution in [-0.2, 0) is 14.9 Å². The SMILES string of the molecule is COc1cc(/C=C2/NC(=S)NC2=O)ccc1OS(=O)(=O)c1cccc2ccccc12. The van der Waals surface area contributed by atoms with Crippen LogP contribution in [0.3, 0.4) is 0 Å². The molecule has 2 N–H and O–H groups in total. The molecule has 1 saturated heterocycles. The van der Waals surface area contributed by atoms with E-state index in [9.17, 15) is 13.2 Å². The van der Waals surface area contributed by atoms with Crippen LogP contribution in [-0.4, -0.2) is 26.5 Å². The summed E-state index contributed by atoms with van der Waals surface area (Å²) >= 11 is 4.90. The lowest BCUT2D eigenvalue weighted by Crippen LogP contribution is -2.21. The smallest absolute Gasteiger partial charge is 0.339 e. The third kappa shape index (κ3) is 3.85. The van der Waals surface area contributed by atoms with Crippen LogP contribution in [0.25, 0.3) is 16.8 Å². The van der Waals surface area contributed by atoms with E-state index in [0.29, 0.717) is 10.9 Å². The highest BCUT2D eigenvalue weighted by atomic mass is 32.2. The number of hydrogen-bond acceptors (Lipinski definition) is 6. The zero-order chi connectivity index (χ0) is 21.3. The molecule has 1 aliphatic heterocycles. The summed E-state index contributed by atoms with van der Waals surface area (Å²) in [6, 6.07) is 16.8. The van der Waals surface area contributed by atoms with E-state index in [-0.39, 0.29) is 33.1 Å². The summed E-state index contributed by atoms with van der Waals surface area (Å²) in [4.78, 5) is 11.9. The fourth-order valence-electron chi connectivity index (χ4n) is 3.07. The van der Waals surface area contributed by atoms with Crippen molar-refractivity contribution in [1.82, 2.24) is 10.6 Å². The van der Waals surface area contributed by atoms with Gasteiger partial charge in [-0.15, -0.1) is 0 Å². The molecule has 0 aliphatic carbocycles. The molecule has 1 heterocycles. The second-order valence-corrected chi connectivity index (χ2v) is 8.31. The summed E-state index contributed by atoms with van der Waals surface area (Å²) in [5.74, 6) is -0.112. The third-order valence-electron chi connectivity index (χ3n) is 4.44. The van der Waals surface area contributed by atoms with Crippen molar-refractivity contribution >= 4 is 50.2 Å². The molecule has 7 nitrogen and oxygen atoms in total. The van der Waals surface area contributed by atoms with Crippen molar-refractivity contribution < 1.29 is 22.1 Å². The number of thiocarbonyl (C=S) groups is 1. The molecule has 0 atom stereocenters. The first-order valence-corrected chi connectivity index (χ1v) is 10.6. The largest absolute Gasteiger partial charge is 0.493 e. The highest BCUT2D eigenvalue weighted by Crippen LogP contribution is 2.33. The maximum absolute atomic E-state index is 13.0. The molecule has 0 saturated carbocycles. The molecule has 1 aliphatic rings. The normalized spacial score (nSPS) is 15.2. The Balaban J connectivity index is 1.68. The Kier molecular flexibility index (Phi) is 5.15. The maximum atomic E-state index is 13.0. The van der Waals surface area contributed by atoms with Crippen LogP contribution in [0.15, 0.2) is 71.3 Å². The fourth-order valence-corrected chi connectivity index (χ4v) is 4.44. The van der Waals surface area contributed by atoms with Crippen molar-refractivity contribution in [1.29, 1.82) is 0 Å². The van der Waals surface area contributed by atoms with Gasteiger partial charge >= 0.3 is 10.1 Å². The first-order valence-electron chi connectivity index (χ1n) is 8.82. The third-order valence-corrected chi connectivity index (χ3v) is 5.93. The molecule has 3 aromatic carbocycles. The highest BCUT2D eigenvalue weighted by molar-refractivity contribution is 7.87. The number of methoxy groups -OCH3 is 1. The van der Waals surface area contributed by atoms with Gasteiger partial charge in [-0.3, -0.25) is 10.1 Å². The Hall–Kier alpha value is -3.43. The quantitative estimate of drug-likeness (QED) is 0.358. The topological polar surface area (TPSA) is 93.7 Å². The lowest BCUT2D eigenvalue weighted by Gasteiger charge is -2.13. The molecule has 0 spiro atoms. The number of ether oxygens (including phenoxy) is 1. The highest BCUT2D eigenvalue weighted by Gasteiger charge is 2.23. The number of nitrogens with one attached hydrogen (secondary N) is 2.